The molecule has 0 saturated heterocycles. The van der Waals surface area contributed by atoms with Gasteiger partial charge in [0.25, 0.3) is 0 Å². The van der Waals surface area contributed by atoms with E-state index in [1.165, 1.54) is 6.42 Å². The number of carbonyl (C=O) groups excluding carboxylic acids is 1. The standard InChI is InChI=1S/C13H16O/c1-10-7-8-12(9-10)13(14)11-5-3-2-4-6-11/h2-6,10,12H,7-9H2,1H3. The van der Waals surface area contributed by atoms with Gasteiger partial charge in [-0.1, -0.05) is 37.3 Å². The third-order valence-electron chi connectivity index (χ3n) is 3.12. The Morgan fingerprint density at radius 2 is 1.93 bits per heavy atom. The molecule has 74 valence electrons. The van der Waals surface area contributed by atoms with Gasteiger partial charge in [-0.25, -0.2) is 0 Å². The molecule has 1 aromatic carbocycles. The smallest absolute Gasteiger partial charge is 0.165 e. The van der Waals surface area contributed by atoms with E-state index < -0.39 is 0 Å². The number of hydrogen-bond acceptors (Lipinski definition) is 1. The Kier molecular flexibility index (Phi) is 2.67. The van der Waals surface area contributed by atoms with E-state index in [0.717, 1.165) is 24.3 Å². The molecule has 1 aliphatic carbocycles. The maximum absolute atomic E-state index is 12.0. The summed E-state index contributed by atoms with van der Waals surface area (Å²) < 4.78 is 0. The van der Waals surface area contributed by atoms with Crippen molar-refractivity contribution in [1.82, 2.24) is 0 Å². The van der Waals surface area contributed by atoms with E-state index in [9.17, 15) is 4.79 Å². The Bertz CT molecular complexity index is 315. The van der Waals surface area contributed by atoms with Gasteiger partial charge in [-0.2, -0.15) is 0 Å². The lowest BCUT2D eigenvalue weighted by Gasteiger charge is -2.07. The second-order valence-corrected chi connectivity index (χ2v) is 4.35. The molecule has 0 amide bonds. The quantitative estimate of drug-likeness (QED) is 0.651. The fourth-order valence-electron chi connectivity index (χ4n) is 2.28. The van der Waals surface area contributed by atoms with Crippen LogP contribution in [0.4, 0.5) is 0 Å². The van der Waals surface area contributed by atoms with Crippen LogP contribution in [0.5, 0.6) is 0 Å². The topological polar surface area (TPSA) is 17.1 Å². The SMILES string of the molecule is CC1CCC(C(=O)c2ccccc2)C1. The van der Waals surface area contributed by atoms with Crippen molar-refractivity contribution in [2.24, 2.45) is 11.8 Å². The zero-order valence-electron chi connectivity index (χ0n) is 8.57. The van der Waals surface area contributed by atoms with E-state index >= 15 is 0 Å². The van der Waals surface area contributed by atoms with Gasteiger partial charge in [0.2, 0.25) is 0 Å². The minimum absolute atomic E-state index is 0.285. The van der Waals surface area contributed by atoms with Crippen molar-refractivity contribution in [3.05, 3.63) is 35.9 Å². The lowest BCUT2D eigenvalue weighted by molar-refractivity contribution is 0.0920. The van der Waals surface area contributed by atoms with Crippen molar-refractivity contribution < 1.29 is 4.79 Å². The fraction of sp³-hybridized carbons (Fsp3) is 0.462. The number of carbonyl (C=O) groups is 1. The zero-order valence-corrected chi connectivity index (χ0v) is 8.57. The second kappa shape index (κ2) is 3.95. The molecule has 0 spiro atoms. The average Bonchev–Trinajstić information content (AvgIpc) is 2.65. The molecule has 0 aliphatic heterocycles. The number of benzene rings is 1. The summed E-state index contributed by atoms with van der Waals surface area (Å²) in [4.78, 5) is 12.0. The summed E-state index contributed by atoms with van der Waals surface area (Å²) >= 11 is 0. The Balaban J connectivity index is 2.10. The zero-order chi connectivity index (χ0) is 9.97. The van der Waals surface area contributed by atoms with Crippen LogP contribution in [-0.4, -0.2) is 5.78 Å². The van der Waals surface area contributed by atoms with Gasteiger partial charge < -0.3 is 0 Å². The van der Waals surface area contributed by atoms with Gasteiger partial charge in [0.05, 0.1) is 0 Å². The van der Waals surface area contributed by atoms with Crippen LogP contribution in [0, 0.1) is 11.8 Å². The first-order valence-electron chi connectivity index (χ1n) is 5.36. The molecule has 0 bridgehead atoms. The molecule has 2 atom stereocenters. The monoisotopic (exact) mass is 188 g/mol. The molecule has 2 unspecified atom stereocenters. The maximum atomic E-state index is 12.0. The Morgan fingerprint density at radius 3 is 2.50 bits per heavy atom. The van der Waals surface area contributed by atoms with Crippen LogP contribution in [0.1, 0.15) is 36.5 Å². The van der Waals surface area contributed by atoms with E-state index in [0.29, 0.717) is 5.78 Å². The molecule has 1 nitrogen and oxygen atoms in total. The average molecular weight is 188 g/mol. The van der Waals surface area contributed by atoms with E-state index in [2.05, 4.69) is 6.92 Å². The van der Waals surface area contributed by atoms with Crippen LogP contribution in [0.2, 0.25) is 0 Å². The predicted octanol–water partition coefficient (Wildman–Crippen LogP) is 3.31. The summed E-state index contributed by atoms with van der Waals surface area (Å²) in [6, 6.07) is 9.67. The number of rotatable bonds is 2. The van der Waals surface area contributed by atoms with Crippen molar-refractivity contribution in [1.29, 1.82) is 0 Å². The van der Waals surface area contributed by atoms with Crippen LogP contribution >= 0.6 is 0 Å². The Labute approximate surface area is 85.1 Å². The maximum Gasteiger partial charge on any atom is 0.165 e. The largest absolute Gasteiger partial charge is 0.294 e. The lowest BCUT2D eigenvalue weighted by atomic mass is 9.95. The molecule has 0 N–H and O–H groups in total. The summed E-state index contributed by atoms with van der Waals surface area (Å²) in [6.45, 7) is 2.23. The number of Topliss-reactive ketones (excluding diaryl/α,β-unsaturated/α-hetero) is 1. The normalized spacial score (nSPS) is 26.4. The van der Waals surface area contributed by atoms with E-state index in [4.69, 9.17) is 0 Å². The van der Waals surface area contributed by atoms with Crippen molar-refractivity contribution in [2.75, 3.05) is 0 Å². The Morgan fingerprint density at radius 1 is 1.21 bits per heavy atom. The minimum Gasteiger partial charge on any atom is -0.294 e. The van der Waals surface area contributed by atoms with E-state index in [1.807, 2.05) is 30.3 Å². The van der Waals surface area contributed by atoms with Gasteiger partial charge in [-0.05, 0) is 25.2 Å². The fourth-order valence-corrected chi connectivity index (χ4v) is 2.28. The predicted molar refractivity (Wildman–Crippen MR) is 57.3 cm³/mol. The van der Waals surface area contributed by atoms with Crippen molar-refractivity contribution >= 4 is 5.78 Å². The van der Waals surface area contributed by atoms with Gasteiger partial charge in [0.15, 0.2) is 5.78 Å². The first-order valence-corrected chi connectivity index (χ1v) is 5.36. The highest BCUT2D eigenvalue weighted by Crippen LogP contribution is 2.32. The summed E-state index contributed by atoms with van der Waals surface area (Å²) in [7, 11) is 0. The second-order valence-electron chi connectivity index (χ2n) is 4.35. The molecule has 0 radical (unpaired) electrons. The molecule has 0 heterocycles. The molecular weight excluding hydrogens is 172 g/mol. The van der Waals surface area contributed by atoms with Gasteiger partial charge >= 0.3 is 0 Å². The molecular formula is C13H16O. The summed E-state index contributed by atoms with van der Waals surface area (Å²) in [6.07, 6.45) is 3.37. The Hall–Kier alpha value is -1.11. The first kappa shape index (κ1) is 9.45. The van der Waals surface area contributed by atoms with Gasteiger partial charge in [-0.15, -0.1) is 0 Å². The van der Waals surface area contributed by atoms with Crippen molar-refractivity contribution in [3.63, 3.8) is 0 Å². The van der Waals surface area contributed by atoms with E-state index in [1.54, 1.807) is 0 Å². The highest BCUT2D eigenvalue weighted by molar-refractivity contribution is 5.97. The third kappa shape index (κ3) is 1.87. The van der Waals surface area contributed by atoms with Crippen LogP contribution < -0.4 is 0 Å². The van der Waals surface area contributed by atoms with E-state index in [-0.39, 0.29) is 5.92 Å². The third-order valence-corrected chi connectivity index (χ3v) is 3.12. The molecule has 0 aromatic heterocycles. The first-order chi connectivity index (χ1) is 6.77. The molecule has 1 aliphatic rings. The molecule has 14 heavy (non-hydrogen) atoms. The van der Waals surface area contributed by atoms with Gasteiger partial charge in [0, 0.05) is 11.5 Å². The van der Waals surface area contributed by atoms with Crippen molar-refractivity contribution in [2.45, 2.75) is 26.2 Å². The van der Waals surface area contributed by atoms with Crippen LogP contribution in [-0.2, 0) is 0 Å². The minimum atomic E-state index is 0.285. The molecule has 1 heteroatoms. The van der Waals surface area contributed by atoms with Gasteiger partial charge in [0.1, 0.15) is 0 Å². The van der Waals surface area contributed by atoms with Gasteiger partial charge in [-0.3, -0.25) is 4.79 Å². The van der Waals surface area contributed by atoms with Crippen LogP contribution in [0.15, 0.2) is 30.3 Å². The molecule has 1 saturated carbocycles. The number of ketones is 1. The highest BCUT2D eigenvalue weighted by atomic mass is 16.1. The number of hydrogen-bond donors (Lipinski definition) is 0. The summed E-state index contributed by atoms with van der Waals surface area (Å²) in [5.41, 5.74) is 0.881. The molecule has 1 aromatic rings. The summed E-state index contributed by atoms with van der Waals surface area (Å²) in [5.74, 6) is 1.36. The molecule has 1 fully saturated rings. The summed E-state index contributed by atoms with van der Waals surface area (Å²) in [5, 5.41) is 0. The highest BCUT2D eigenvalue weighted by Gasteiger charge is 2.27. The van der Waals surface area contributed by atoms with Crippen LogP contribution in [0.3, 0.4) is 0 Å². The van der Waals surface area contributed by atoms with Crippen LogP contribution in [0.25, 0.3) is 0 Å². The van der Waals surface area contributed by atoms with Crippen molar-refractivity contribution in [3.8, 4) is 0 Å². The lowest BCUT2D eigenvalue weighted by Crippen LogP contribution is -2.11. The molecule has 2 rings (SSSR count).